The van der Waals surface area contributed by atoms with E-state index >= 15 is 0 Å². The van der Waals surface area contributed by atoms with Crippen molar-refractivity contribution >= 4 is 40.0 Å². The van der Waals surface area contributed by atoms with Gasteiger partial charge < -0.3 is 20.4 Å². The van der Waals surface area contributed by atoms with Gasteiger partial charge in [-0.2, -0.15) is 0 Å². The van der Waals surface area contributed by atoms with Gasteiger partial charge in [0.05, 0.1) is 23.1 Å². The zero-order valence-corrected chi connectivity index (χ0v) is 20.4. The minimum atomic E-state index is -0.230. The summed E-state index contributed by atoms with van der Waals surface area (Å²) in [6, 6.07) is 13.4. The van der Waals surface area contributed by atoms with Crippen LogP contribution in [0.2, 0.25) is 0 Å². The smallest absolute Gasteiger partial charge is 0.250 e. The molecule has 0 atom stereocenters. The lowest BCUT2D eigenvalue weighted by Gasteiger charge is -2.33. The second kappa shape index (κ2) is 10.1. The van der Waals surface area contributed by atoms with Crippen LogP contribution in [0, 0.1) is 0 Å². The molecule has 1 amide bonds. The van der Waals surface area contributed by atoms with Crippen LogP contribution in [0.4, 0.5) is 23.1 Å². The van der Waals surface area contributed by atoms with E-state index in [1.807, 2.05) is 42.6 Å². The summed E-state index contributed by atoms with van der Waals surface area (Å²) in [6.45, 7) is 9.37. The first kappa shape index (κ1) is 23.4. The molecule has 0 saturated carbocycles. The maximum Gasteiger partial charge on any atom is 0.250 e. The standard InChI is InChI=1S/C27H28N8O/c1-18(2)26(36)31-20-9-10-28-23(15-20)22-6-4-5-19-16-30-27(33-25(19)22)32-21-7-8-24(29-17-21)35-13-11-34(3)12-14-35/h4-10,15-17H,1,11-14H2,2-3H3,(H,28,31,36)(H,30,32,33). The van der Waals surface area contributed by atoms with E-state index in [4.69, 9.17) is 4.98 Å². The molecule has 0 aliphatic carbocycles. The summed E-state index contributed by atoms with van der Waals surface area (Å²) >= 11 is 0. The Kier molecular flexibility index (Phi) is 6.55. The highest BCUT2D eigenvalue weighted by molar-refractivity contribution is 6.03. The van der Waals surface area contributed by atoms with Crippen LogP contribution >= 0.6 is 0 Å². The Morgan fingerprint density at radius 2 is 1.81 bits per heavy atom. The molecule has 5 rings (SSSR count). The Labute approximate surface area is 209 Å². The average molecular weight is 481 g/mol. The number of aromatic nitrogens is 4. The molecule has 1 saturated heterocycles. The van der Waals surface area contributed by atoms with Crippen molar-refractivity contribution in [1.82, 2.24) is 24.8 Å². The molecular weight excluding hydrogens is 452 g/mol. The number of hydrogen-bond donors (Lipinski definition) is 2. The van der Waals surface area contributed by atoms with Crippen molar-refractivity contribution in [3.63, 3.8) is 0 Å². The average Bonchev–Trinajstić information content (AvgIpc) is 2.89. The maximum atomic E-state index is 12.0. The summed E-state index contributed by atoms with van der Waals surface area (Å²) in [5.41, 5.74) is 4.19. The van der Waals surface area contributed by atoms with Crippen molar-refractivity contribution in [2.75, 3.05) is 48.8 Å². The lowest BCUT2D eigenvalue weighted by Crippen LogP contribution is -2.44. The van der Waals surface area contributed by atoms with Crippen molar-refractivity contribution in [3.05, 3.63) is 73.2 Å². The Hall–Kier alpha value is -4.37. The van der Waals surface area contributed by atoms with E-state index < -0.39 is 0 Å². The number of nitrogens with zero attached hydrogens (tertiary/aromatic N) is 6. The van der Waals surface area contributed by atoms with E-state index in [0.29, 0.717) is 22.9 Å². The molecule has 1 fully saturated rings. The quantitative estimate of drug-likeness (QED) is 0.398. The molecule has 1 aliphatic rings. The van der Waals surface area contributed by atoms with Gasteiger partial charge in [0.1, 0.15) is 5.82 Å². The van der Waals surface area contributed by atoms with Gasteiger partial charge in [-0.25, -0.2) is 15.0 Å². The first-order valence-corrected chi connectivity index (χ1v) is 11.8. The number of anilines is 4. The van der Waals surface area contributed by atoms with Gasteiger partial charge in [-0.15, -0.1) is 0 Å². The number of nitrogens with one attached hydrogen (secondary N) is 2. The normalized spacial score (nSPS) is 14.0. The van der Waals surface area contributed by atoms with Gasteiger partial charge in [-0.1, -0.05) is 24.8 Å². The number of piperazine rings is 1. The molecule has 0 bridgehead atoms. The van der Waals surface area contributed by atoms with E-state index in [0.717, 1.165) is 54.2 Å². The fourth-order valence-electron chi connectivity index (χ4n) is 4.03. The highest BCUT2D eigenvalue weighted by Gasteiger charge is 2.15. The van der Waals surface area contributed by atoms with Crippen LogP contribution in [-0.4, -0.2) is 64.0 Å². The second-order valence-electron chi connectivity index (χ2n) is 8.92. The van der Waals surface area contributed by atoms with Gasteiger partial charge >= 0.3 is 0 Å². The van der Waals surface area contributed by atoms with Gasteiger partial charge in [0.15, 0.2) is 0 Å². The molecule has 4 aromatic rings. The predicted octanol–water partition coefficient (Wildman–Crippen LogP) is 4.10. The third kappa shape index (κ3) is 5.16. The number of amides is 1. The minimum absolute atomic E-state index is 0.230. The molecule has 4 heterocycles. The second-order valence-corrected chi connectivity index (χ2v) is 8.92. The molecule has 182 valence electrons. The predicted molar refractivity (Wildman–Crippen MR) is 143 cm³/mol. The van der Waals surface area contributed by atoms with Crippen LogP contribution in [0.3, 0.4) is 0 Å². The summed E-state index contributed by atoms with van der Waals surface area (Å²) in [4.78, 5) is 35.1. The Morgan fingerprint density at radius 1 is 0.972 bits per heavy atom. The molecule has 3 aromatic heterocycles. The fourth-order valence-corrected chi connectivity index (χ4v) is 4.03. The number of fused-ring (bicyclic) bond motifs is 1. The van der Waals surface area contributed by atoms with Crippen LogP contribution < -0.4 is 15.5 Å². The Balaban J connectivity index is 1.39. The molecule has 9 heteroatoms. The molecule has 9 nitrogen and oxygen atoms in total. The van der Waals surface area contributed by atoms with E-state index in [-0.39, 0.29) is 5.91 Å². The van der Waals surface area contributed by atoms with Crippen LogP contribution in [-0.2, 0) is 4.79 Å². The SMILES string of the molecule is C=C(C)C(=O)Nc1ccnc(-c2cccc3cnc(Nc4ccc(N5CCN(C)CC5)nc4)nc23)c1. The lowest BCUT2D eigenvalue weighted by atomic mass is 10.1. The zero-order chi connectivity index (χ0) is 25.1. The number of carbonyl (C=O) groups excluding carboxylic acids is 1. The van der Waals surface area contributed by atoms with E-state index in [9.17, 15) is 4.79 Å². The first-order chi connectivity index (χ1) is 17.5. The number of likely N-dealkylation sites (N-methyl/N-ethyl adjacent to an activating group) is 1. The van der Waals surface area contributed by atoms with Crippen molar-refractivity contribution in [2.24, 2.45) is 0 Å². The maximum absolute atomic E-state index is 12.0. The summed E-state index contributed by atoms with van der Waals surface area (Å²) in [7, 11) is 2.14. The van der Waals surface area contributed by atoms with E-state index in [1.165, 1.54) is 0 Å². The van der Waals surface area contributed by atoms with Gasteiger partial charge in [0.25, 0.3) is 5.91 Å². The topological polar surface area (TPSA) is 99.2 Å². The highest BCUT2D eigenvalue weighted by atomic mass is 16.1. The van der Waals surface area contributed by atoms with Crippen LogP contribution in [0.5, 0.6) is 0 Å². The van der Waals surface area contributed by atoms with Crippen LogP contribution in [0.1, 0.15) is 6.92 Å². The summed E-state index contributed by atoms with van der Waals surface area (Å²) in [5.74, 6) is 1.21. The summed E-state index contributed by atoms with van der Waals surface area (Å²) in [6.07, 6.45) is 5.26. The number of pyridine rings is 2. The molecule has 2 N–H and O–H groups in total. The third-order valence-electron chi connectivity index (χ3n) is 6.12. The summed E-state index contributed by atoms with van der Waals surface area (Å²) in [5, 5.41) is 6.99. The third-order valence-corrected chi connectivity index (χ3v) is 6.12. The Bertz CT molecular complexity index is 1410. The van der Waals surface area contributed by atoms with Gasteiger partial charge in [0.2, 0.25) is 5.95 Å². The fraction of sp³-hybridized carbons (Fsp3) is 0.222. The highest BCUT2D eigenvalue weighted by Crippen LogP contribution is 2.28. The minimum Gasteiger partial charge on any atom is -0.354 e. The van der Waals surface area contributed by atoms with Crippen LogP contribution in [0.25, 0.3) is 22.2 Å². The molecule has 0 spiro atoms. The van der Waals surface area contributed by atoms with Crippen molar-refractivity contribution in [2.45, 2.75) is 6.92 Å². The van der Waals surface area contributed by atoms with Crippen LogP contribution in [0.15, 0.2) is 73.2 Å². The first-order valence-electron chi connectivity index (χ1n) is 11.8. The number of para-hydroxylation sites is 1. The molecule has 1 aromatic carbocycles. The number of rotatable bonds is 6. The molecule has 36 heavy (non-hydrogen) atoms. The van der Waals surface area contributed by atoms with Gasteiger partial charge in [-0.05, 0) is 38.2 Å². The molecule has 1 aliphatic heterocycles. The number of carbonyl (C=O) groups is 1. The molecule has 0 radical (unpaired) electrons. The lowest BCUT2D eigenvalue weighted by molar-refractivity contribution is -0.112. The van der Waals surface area contributed by atoms with Gasteiger partial charge in [0, 0.05) is 60.8 Å². The van der Waals surface area contributed by atoms with E-state index in [2.05, 4.69) is 49.0 Å². The van der Waals surface area contributed by atoms with Crippen molar-refractivity contribution in [3.8, 4) is 11.3 Å². The molecule has 0 unspecified atom stereocenters. The van der Waals surface area contributed by atoms with E-state index in [1.54, 1.807) is 25.4 Å². The zero-order valence-electron chi connectivity index (χ0n) is 20.4. The number of hydrogen-bond acceptors (Lipinski definition) is 8. The summed E-state index contributed by atoms with van der Waals surface area (Å²) < 4.78 is 0. The van der Waals surface area contributed by atoms with Crippen molar-refractivity contribution in [1.29, 1.82) is 0 Å². The van der Waals surface area contributed by atoms with Crippen molar-refractivity contribution < 1.29 is 4.79 Å². The number of benzene rings is 1. The largest absolute Gasteiger partial charge is 0.354 e. The molecular formula is C27H28N8O. The monoisotopic (exact) mass is 480 g/mol. The van der Waals surface area contributed by atoms with Gasteiger partial charge in [-0.3, -0.25) is 9.78 Å². The Morgan fingerprint density at radius 3 is 2.56 bits per heavy atom.